The molecule has 0 bridgehead atoms. The van der Waals surface area contributed by atoms with Gasteiger partial charge in [0.2, 0.25) is 5.91 Å². The van der Waals surface area contributed by atoms with Gasteiger partial charge in [-0.3, -0.25) is 14.2 Å². The van der Waals surface area contributed by atoms with Crippen molar-refractivity contribution in [2.75, 3.05) is 6.54 Å². The Bertz CT molecular complexity index is 1090. The molecule has 0 saturated heterocycles. The maximum Gasteiger partial charge on any atom is 0.266 e. The van der Waals surface area contributed by atoms with Gasteiger partial charge < -0.3 is 5.32 Å². The topological polar surface area (TPSA) is 81.8 Å². The number of hydrogen-bond acceptors (Lipinski definition) is 4. The second-order valence-electron chi connectivity index (χ2n) is 6.85. The standard InChI is InChI=1S/C18H17BrFN5O2/c1-24-16-14(15(19)23-24)17(27)25(10-22-16)8-13(26)21-9-18(6-7-18)11-2-4-12(20)5-3-11/h2-5,10H,6-9H2,1H3,(H,21,26). The molecule has 1 aliphatic rings. The van der Waals surface area contributed by atoms with Crippen molar-refractivity contribution in [2.45, 2.75) is 24.8 Å². The fraction of sp³-hybridized carbons (Fsp3) is 0.333. The van der Waals surface area contributed by atoms with Crippen molar-refractivity contribution >= 4 is 32.9 Å². The van der Waals surface area contributed by atoms with Crippen LogP contribution in [-0.4, -0.2) is 31.8 Å². The van der Waals surface area contributed by atoms with E-state index < -0.39 is 0 Å². The van der Waals surface area contributed by atoms with Gasteiger partial charge in [-0.25, -0.2) is 14.1 Å². The first-order valence-corrected chi connectivity index (χ1v) is 9.29. The molecule has 0 unspecified atom stereocenters. The van der Waals surface area contributed by atoms with E-state index in [1.54, 1.807) is 19.2 Å². The van der Waals surface area contributed by atoms with Crippen LogP contribution >= 0.6 is 15.9 Å². The van der Waals surface area contributed by atoms with Crippen LogP contribution in [0, 0.1) is 5.82 Å². The maximum absolute atomic E-state index is 13.1. The number of benzene rings is 1. The first-order chi connectivity index (χ1) is 12.9. The zero-order valence-corrected chi connectivity index (χ0v) is 16.2. The largest absolute Gasteiger partial charge is 0.354 e. The van der Waals surface area contributed by atoms with E-state index in [0.717, 1.165) is 18.4 Å². The second kappa shape index (κ2) is 6.56. The average Bonchev–Trinajstić information content (AvgIpc) is 3.37. The molecule has 7 nitrogen and oxygen atoms in total. The van der Waals surface area contributed by atoms with E-state index in [4.69, 9.17) is 0 Å². The highest BCUT2D eigenvalue weighted by Crippen LogP contribution is 2.47. The van der Waals surface area contributed by atoms with E-state index in [-0.39, 0.29) is 29.2 Å². The highest BCUT2D eigenvalue weighted by molar-refractivity contribution is 9.10. The van der Waals surface area contributed by atoms with E-state index >= 15 is 0 Å². The Balaban J connectivity index is 1.46. The quantitative estimate of drug-likeness (QED) is 0.665. The summed E-state index contributed by atoms with van der Waals surface area (Å²) < 4.78 is 16.3. The van der Waals surface area contributed by atoms with E-state index in [0.29, 0.717) is 22.2 Å². The van der Waals surface area contributed by atoms with Gasteiger partial charge in [0, 0.05) is 19.0 Å². The zero-order chi connectivity index (χ0) is 19.2. The third-order valence-corrected chi connectivity index (χ3v) is 5.57. The lowest BCUT2D eigenvalue weighted by atomic mass is 9.96. The normalized spacial score (nSPS) is 15.1. The molecule has 2 heterocycles. The van der Waals surface area contributed by atoms with Crippen LogP contribution < -0.4 is 10.9 Å². The summed E-state index contributed by atoms with van der Waals surface area (Å²) in [4.78, 5) is 29.2. The summed E-state index contributed by atoms with van der Waals surface area (Å²) in [7, 11) is 1.70. The molecular weight excluding hydrogens is 417 g/mol. The van der Waals surface area contributed by atoms with Crippen LogP contribution in [0.4, 0.5) is 4.39 Å². The van der Waals surface area contributed by atoms with Gasteiger partial charge in [-0.15, -0.1) is 0 Å². The van der Waals surface area contributed by atoms with Crippen molar-refractivity contribution in [3.8, 4) is 0 Å². The number of hydrogen-bond donors (Lipinski definition) is 1. The molecule has 9 heteroatoms. The Hall–Kier alpha value is -2.55. The van der Waals surface area contributed by atoms with Gasteiger partial charge in [-0.1, -0.05) is 12.1 Å². The van der Waals surface area contributed by atoms with Crippen molar-refractivity contribution in [2.24, 2.45) is 7.05 Å². The molecule has 3 aromatic rings. The van der Waals surface area contributed by atoms with E-state index in [1.807, 2.05) is 0 Å². The van der Waals surface area contributed by atoms with Crippen LogP contribution in [0.15, 0.2) is 40.0 Å². The molecule has 1 aromatic carbocycles. The number of rotatable bonds is 5. The van der Waals surface area contributed by atoms with Crippen LogP contribution in [0.2, 0.25) is 0 Å². The Morgan fingerprint density at radius 3 is 2.70 bits per heavy atom. The Labute approximate surface area is 162 Å². The molecule has 0 radical (unpaired) electrons. The minimum atomic E-state index is -0.324. The van der Waals surface area contributed by atoms with Gasteiger partial charge in [0.1, 0.15) is 28.7 Å². The highest BCUT2D eigenvalue weighted by atomic mass is 79.9. The maximum atomic E-state index is 13.1. The molecular formula is C18H17BrFN5O2. The molecule has 1 amide bonds. The summed E-state index contributed by atoms with van der Waals surface area (Å²) in [6, 6.07) is 6.39. The van der Waals surface area contributed by atoms with Crippen LogP contribution in [0.1, 0.15) is 18.4 Å². The number of fused-ring (bicyclic) bond motifs is 1. The summed E-state index contributed by atoms with van der Waals surface area (Å²) in [5, 5.41) is 7.35. The number of carbonyl (C=O) groups excluding carboxylic acids is 1. The van der Waals surface area contributed by atoms with Crippen LogP contribution in [0.3, 0.4) is 0 Å². The predicted molar refractivity (Wildman–Crippen MR) is 101 cm³/mol. The van der Waals surface area contributed by atoms with E-state index in [9.17, 15) is 14.0 Å². The van der Waals surface area contributed by atoms with Gasteiger partial charge in [0.15, 0.2) is 5.65 Å². The fourth-order valence-electron chi connectivity index (χ4n) is 3.25. The highest BCUT2D eigenvalue weighted by Gasteiger charge is 2.44. The lowest BCUT2D eigenvalue weighted by molar-refractivity contribution is -0.121. The Morgan fingerprint density at radius 1 is 1.33 bits per heavy atom. The lowest BCUT2D eigenvalue weighted by Gasteiger charge is -2.17. The van der Waals surface area contributed by atoms with Crippen LogP contribution in [-0.2, 0) is 23.8 Å². The number of nitrogens with zero attached hydrogens (tertiary/aromatic N) is 4. The molecule has 2 aromatic heterocycles. The molecule has 1 saturated carbocycles. The third kappa shape index (κ3) is 3.27. The van der Waals surface area contributed by atoms with Gasteiger partial charge in [0.05, 0.1) is 0 Å². The predicted octanol–water partition coefficient (Wildman–Crippen LogP) is 1.88. The molecule has 4 rings (SSSR count). The van der Waals surface area contributed by atoms with Crippen molar-refractivity contribution in [1.29, 1.82) is 0 Å². The summed E-state index contributed by atoms with van der Waals surface area (Å²) in [5.74, 6) is -0.547. The molecule has 1 aliphatic carbocycles. The monoisotopic (exact) mass is 433 g/mol. The molecule has 27 heavy (non-hydrogen) atoms. The summed E-state index contributed by atoms with van der Waals surface area (Å²) in [6.07, 6.45) is 3.23. The number of amides is 1. The summed E-state index contributed by atoms with van der Waals surface area (Å²) >= 11 is 3.25. The summed E-state index contributed by atoms with van der Waals surface area (Å²) in [5.41, 5.74) is 1.01. The fourth-order valence-corrected chi connectivity index (χ4v) is 3.83. The Morgan fingerprint density at radius 2 is 2.04 bits per heavy atom. The molecule has 0 atom stereocenters. The number of nitrogens with one attached hydrogen (secondary N) is 1. The molecule has 0 spiro atoms. The van der Waals surface area contributed by atoms with Crippen molar-refractivity contribution < 1.29 is 9.18 Å². The van der Waals surface area contributed by atoms with Crippen LogP contribution in [0.5, 0.6) is 0 Å². The summed E-state index contributed by atoms with van der Waals surface area (Å²) in [6.45, 7) is 0.334. The van der Waals surface area contributed by atoms with Crippen LogP contribution in [0.25, 0.3) is 11.0 Å². The Kier molecular flexibility index (Phi) is 4.33. The van der Waals surface area contributed by atoms with E-state index in [2.05, 4.69) is 31.3 Å². The number of aromatic nitrogens is 4. The van der Waals surface area contributed by atoms with Gasteiger partial charge in [-0.05, 0) is 46.5 Å². The molecule has 1 fully saturated rings. The first-order valence-electron chi connectivity index (χ1n) is 8.50. The minimum Gasteiger partial charge on any atom is -0.354 e. The minimum absolute atomic E-state index is 0.122. The number of carbonyl (C=O) groups is 1. The smallest absolute Gasteiger partial charge is 0.266 e. The van der Waals surface area contributed by atoms with Crippen molar-refractivity contribution in [3.63, 3.8) is 0 Å². The van der Waals surface area contributed by atoms with E-state index in [1.165, 1.54) is 27.7 Å². The number of aryl methyl sites for hydroxylation is 1. The number of halogens is 2. The first kappa shape index (κ1) is 17.8. The SMILES string of the molecule is Cn1nc(Br)c2c(=O)n(CC(=O)NCC3(c4ccc(F)cc4)CC3)cnc21. The molecule has 0 aliphatic heterocycles. The second-order valence-corrected chi connectivity index (χ2v) is 7.61. The zero-order valence-electron chi connectivity index (χ0n) is 14.6. The average molecular weight is 434 g/mol. The van der Waals surface area contributed by atoms with Gasteiger partial charge in [-0.2, -0.15) is 5.10 Å². The third-order valence-electron chi connectivity index (χ3n) is 5.02. The lowest BCUT2D eigenvalue weighted by Crippen LogP contribution is -2.36. The molecule has 1 N–H and O–H groups in total. The molecule has 140 valence electrons. The van der Waals surface area contributed by atoms with Gasteiger partial charge in [0.25, 0.3) is 5.56 Å². The van der Waals surface area contributed by atoms with Gasteiger partial charge >= 0.3 is 0 Å². The van der Waals surface area contributed by atoms with Crippen molar-refractivity contribution in [1.82, 2.24) is 24.6 Å². The van der Waals surface area contributed by atoms with Crippen molar-refractivity contribution in [3.05, 3.63) is 56.9 Å².